The number of nitrogens with one attached hydrogen (secondary N) is 1. The summed E-state index contributed by atoms with van der Waals surface area (Å²) in [5.74, 6) is 0.0994. The van der Waals surface area contributed by atoms with Gasteiger partial charge >= 0.3 is 0 Å². The van der Waals surface area contributed by atoms with E-state index in [0.717, 1.165) is 56.5 Å². The van der Waals surface area contributed by atoms with Crippen LogP contribution < -0.4 is 0 Å². The summed E-state index contributed by atoms with van der Waals surface area (Å²) in [5.41, 5.74) is 5.17. The number of nitrogens with zero attached hydrogens (tertiary/aromatic N) is 4. The Bertz CT molecular complexity index is 973. The van der Waals surface area contributed by atoms with Gasteiger partial charge in [-0.15, -0.1) is 0 Å². The molecule has 138 valence electrons. The van der Waals surface area contributed by atoms with Crippen molar-refractivity contribution in [3.63, 3.8) is 0 Å². The van der Waals surface area contributed by atoms with Crippen LogP contribution in [0.1, 0.15) is 34.3 Å². The molecule has 27 heavy (non-hydrogen) atoms. The van der Waals surface area contributed by atoms with Gasteiger partial charge in [0.2, 0.25) is 0 Å². The number of rotatable bonds is 2. The average molecular weight is 361 g/mol. The lowest BCUT2D eigenvalue weighted by atomic mass is 9.95. The zero-order valence-electron chi connectivity index (χ0n) is 15.3. The number of benzene rings is 2. The van der Waals surface area contributed by atoms with Crippen molar-refractivity contribution >= 4 is 16.9 Å². The normalized spacial score (nSPS) is 18.6. The zero-order chi connectivity index (χ0) is 18.2. The Balaban J connectivity index is 1.23. The van der Waals surface area contributed by atoms with Gasteiger partial charge in [-0.25, -0.2) is 0 Å². The van der Waals surface area contributed by atoms with E-state index >= 15 is 0 Å². The van der Waals surface area contributed by atoms with E-state index in [-0.39, 0.29) is 5.91 Å². The van der Waals surface area contributed by atoms with Gasteiger partial charge in [-0.1, -0.05) is 24.3 Å². The maximum absolute atomic E-state index is 12.9. The summed E-state index contributed by atoms with van der Waals surface area (Å²) in [7, 11) is 0. The maximum atomic E-state index is 12.9. The van der Waals surface area contributed by atoms with E-state index in [1.54, 1.807) is 0 Å². The number of amides is 1. The fourth-order valence-electron chi connectivity index (χ4n) is 4.42. The second kappa shape index (κ2) is 6.78. The minimum Gasteiger partial charge on any atom is -0.339 e. The molecule has 2 aliphatic heterocycles. The molecule has 1 fully saturated rings. The summed E-state index contributed by atoms with van der Waals surface area (Å²) >= 11 is 0. The van der Waals surface area contributed by atoms with Gasteiger partial charge in [0.15, 0.2) is 0 Å². The first-order chi connectivity index (χ1) is 13.3. The largest absolute Gasteiger partial charge is 0.339 e. The molecule has 0 aliphatic carbocycles. The van der Waals surface area contributed by atoms with Gasteiger partial charge in [-0.3, -0.25) is 9.69 Å². The molecule has 0 saturated carbocycles. The second-order valence-electron chi connectivity index (χ2n) is 7.54. The number of carbonyl (C=O) groups excluding carboxylic acids is 1. The van der Waals surface area contributed by atoms with Crippen LogP contribution >= 0.6 is 0 Å². The minimum atomic E-state index is 0.0994. The monoisotopic (exact) mass is 361 g/mol. The first-order valence-corrected chi connectivity index (χ1v) is 9.68. The van der Waals surface area contributed by atoms with E-state index in [1.807, 2.05) is 23.1 Å². The molecule has 0 spiro atoms. The highest BCUT2D eigenvalue weighted by atomic mass is 16.2. The smallest absolute Gasteiger partial charge is 0.253 e. The fraction of sp³-hybridized carbons (Fsp3) is 0.381. The lowest BCUT2D eigenvalue weighted by Crippen LogP contribution is -2.48. The van der Waals surface area contributed by atoms with Gasteiger partial charge in [0, 0.05) is 37.8 Å². The van der Waals surface area contributed by atoms with Crippen LogP contribution in [0.2, 0.25) is 0 Å². The van der Waals surface area contributed by atoms with Gasteiger partial charge in [0.1, 0.15) is 11.0 Å². The number of H-pyrrole nitrogens is 1. The second-order valence-corrected chi connectivity index (χ2v) is 7.54. The van der Waals surface area contributed by atoms with Crippen LogP contribution in [0.4, 0.5) is 0 Å². The fourth-order valence-corrected chi connectivity index (χ4v) is 4.42. The van der Waals surface area contributed by atoms with Crippen molar-refractivity contribution in [1.82, 2.24) is 25.2 Å². The Hall–Kier alpha value is -2.73. The molecule has 1 saturated heterocycles. The van der Waals surface area contributed by atoms with E-state index in [1.165, 1.54) is 11.1 Å². The predicted molar refractivity (Wildman–Crippen MR) is 103 cm³/mol. The molecule has 5 rings (SSSR count). The quantitative estimate of drug-likeness (QED) is 0.762. The van der Waals surface area contributed by atoms with E-state index in [9.17, 15) is 4.79 Å². The van der Waals surface area contributed by atoms with Gasteiger partial charge in [0.25, 0.3) is 5.91 Å². The number of aromatic amines is 1. The zero-order valence-corrected chi connectivity index (χ0v) is 15.3. The first kappa shape index (κ1) is 16.4. The number of fused-ring (bicyclic) bond motifs is 2. The van der Waals surface area contributed by atoms with Crippen LogP contribution in [0, 0.1) is 0 Å². The third kappa shape index (κ3) is 3.10. The predicted octanol–water partition coefficient (Wildman–Crippen LogP) is 2.62. The standard InChI is InChI=1S/C21H23N5O/c27-21(16-5-6-19-20(13-16)23-24-22-19)25-11-8-18(9-12-25)26-10-7-15-3-1-2-4-17(15)14-26/h1-6,13,18H,7-12,14H2,(H,22,23,24). The molecule has 3 aromatic rings. The van der Waals surface area contributed by atoms with Gasteiger partial charge < -0.3 is 4.90 Å². The molecule has 0 unspecified atom stereocenters. The number of aromatic nitrogens is 3. The van der Waals surface area contributed by atoms with Crippen LogP contribution in [0.3, 0.4) is 0 Å². The van der Waals surface area contributed by atoms with Crippen molar-refractivity contribution in [1.29, 1.82) is 0 Å². The van der Waals surface area contributed by atoms with Gasteiger partial charge in [0.05, 0.1) is 0 Å². The van der Waals surface area contributed by atoms with Crippen LogP contribution in [0.15, 0.2) is 42.5 Å². The van der Waals surface area contributed by atoms with Crippen molar-refractivity contribution in [3.05, 3.63) is 59.2 Å². The lowest BCUT2D eigenvalue weighted by molar-refractivity contribution is 0.0599. The van der Waals surface area contributed by atoms with Crippen molar-refractivity contribution in [2.75, 3.05) is 19.6 Å². The van der Waals surface area contributed by atoms with Gasteiger partial charge in [-0.05, 0) is 48.6 Å². The Labute approximate surface area is 158 Å². The third-order valence-corrected chi connectivity index (χ3v) is 5.99. The lowest BCUT2D eigenvalue weighted by Gasteiger charge is -2.40. The van der Waals surface area contributed by atoms with Crippen molar-refractivity contribution in [2.45, 2.75) is 31.8 Å². The van der Waals surface area contributed by atoms with E-state index in [0.29, 0.717) is 11.6 Å². The van der Waals surface area contributed by atoms with Crippen molar-refractivity contribution in [3.8, 4) is 0 Å². The molecular formula is C21H23N5O. The summed E-state index contributed by atoms with van der Waals surface area (Å²) in [5, 5.41) is 10.7. The molecule has 6 heteroatoms. The molecule has 0 radical (unpaired) electrons. The summed E-state index contributed by atoms with van der Waals surface area (Å²) in [4.78, 5) is 17.5. The molecule has 1 N–H and O–H groups in total. The van der Waals surface area contributed by atoms with E-state index in [4.69, 9.17) is 0 Å². The average Bonchev–Trinajstić information content (AvgIpc) is 3.21. The highest BCUT2D eigenvalue weighted by Gasteiger charge is 2.29. The number of likely N-dealkylation sites (tertiary alicyclic amines) is 1. The molecule has 2 aromatic carbocycles. The highest BCUT2D eigenvalue weighted by Crippen LogP contribution is 2.25. The van der Waals surface area contributed by atoms with Crippen LogP contribution in [-0.4, -0.2) is 56.8 Å². The minimum absolute atomic E-state index is 0.0994. The number of carbonyl (C=O) groups is 1. The molecule has 1 amide bonds. The Morgan fingerprint density at radius 3 is 2.59 bits per heavy atom. The molecule has 2 aliphatic rings. The van der Waals surface area contributed by atoms with E-state index < -0.39 is 0 Å². The van der Waals surface area contributed by atoms with Gasteiger partial charge in [-0.2, -0.15) is 15.4 Å². The maximum Gasteiger partial charge on any atom is 0.253 e. The van der Waals surface area contributed by atoms with Crippen molar-refractivity contribution < 1.29 is 4.79 Å². The highest BCUT2D eigenvalue weighted by molar-refractivity contribution is 5.97. The Kier molecular flexibility index (Phi) is 4.13. The topological polar surface area (TPSA) is 65.1 Å². The van der Waals surface area contributed by atoms with Crippen LogP contribution in [0.5, 0.6) is 0 Å². The molecule has 0 bridgehead atoms. The van der Waals surface area contributed by atoms with E-state index in [2.05, 4.69) is 44.6 Å². The number of hydrogen-bond donors (Lipinski definition) is 1. The van der Waals surface area contributed by atoms with Crippen LogP contribution in [0.25, 0.3) is 11.0 Å². The molecule has 6 nitrogen and oxygen atoms in total. The van der Waals surface area contributed by atoms with Crippen molar-refractivity contribution in [2.24, 2.45) is 0 Å². The first-order valence-electron chi connectivity index (χ1n) is 9.68. The van der Waals surface area contributed by atoms with Crippen LogP contribution in [-0.2, 0) is 13.0 Å². The number of piperidine rings is 1. The summed E-state index contributed by atoms with van der Waals surface area (Å²) in [6.45, 7) is 3.80. The Morgan fingerprint density at radius 1 is 0.963 bits per heavy atom. The summed E-state index contributed by atoms with van der Waals surface area (Å²) < 4.78 is 0. The summed E-state index contributed by atoms with van der Waals surface area (Å²) in [6, 6.07) is 14.9. The third-order valence-electron chi connectivity index (χ3n) is 5.99. The molecular weight excluding hydrogens is 338 g/mol. The molecule has 1 aromatic heterocycles. The number of hydrogen-bond acceptors (Lipinski definition) is 4. The molecule has 3 heterocycles. The summed E-state index contributed by atoms with van der Waals surface area (Å²) in [6.07, 6.45) is 3.22. The Morgan fingerprint density at radius 2 is 1.74 bits per heavy atom. The molecule has 0 atom stereocenters. The SMILES string of the molecule is O=C(c1ccc2n[nH]nc2c1)N1CCC(N2CCc3ccccc3C2)CC1.